The van der Waals surface area contributed by atoms with Gasteiger partial charge in [-0.1, -0.05) is 6.92 Å². The van der Waals surface area contributed by atoms with Gasteiger partial charge in [0, 0.05) is 17.8 Å². The van der Waals surface area contributed by atoms with E-state index in [1.807, 2.05) is 6.92 Å². The van der Waals surface area contributed by atoms with Gasteiger partial charge in [0.15, 0.2) is 5.65 Å². The third-order valence-corrected chi connectivity index (χ3v) is 4.13. The molecule has 0 saturated heterocycles. The average Bonchev–Trinajstić information content (AvgIpc) is 2.43. The van der Waals surface area contributed by atoms with Crippen molar-refractivity contribution < 1.29 is 0 Å². The fourth-order valence-electron chi connectivity index (χ4n) is 2.41. The third-order valence-electron chi connectivity index (χ3n) is 4.13. The van der Waals surface area contributed by atoms with Crippen LogP contribution >= 0.6 is 0 Å². The molecule has 0 aliphatic carbocycles. The van der Waals surface area contributed by atoms with Crippen molar-refractivity contribution in [1.29, 1.82) is 0 Å². The van der Waals surface area contributed by atoms with Gasteiger partial charge in [0.2, 0.25) is 0 Å². The molecule has 0 aliphatic rings. The van der Waals surface area contributed by atoms with Gasteiger partial charge >= 0.3 is 0 Å². The maximum atomic E-state index is 4.49. The van der Waals surface area contributed by atoms with Crippen molar-refractivity contribution in [3.8, 4) is 0 Å². The predicted molar refractivity (Wildman–Crippen MR) is 87.7 cm³/mol. The van der Waals surface area contributed by atoms with Crippen LogP contribution < -0.4 is 5.32 Å². The number of hydrogen-bond acceptors (Lipinski definition) is 5. The molecule has 0 bridgehead atoms. The van der Waals surface area contributed by atoms with E-state index >= 15 is 0 Å². The fraction of sp³-hybridized carbons (Fsp3) is 0.562. The van der Waals surface area contributed by atoms with E-state index in [2.05, 4.69) is 66.0 Å². The normalized spacial score (nSPS) is 12.1. The zero-order valence-corrected chi connectivity index (χ0v) is 13.9. The minimum atomic E-state index is 0.0536. The quantitative estimate of drug-likeness (QED) is 0.916. The summed E-state index contributed by atoms with van der Waals surface area (Å²) in [4.78, 5) is 15.5. The first-order valence-corrected chi connectivity index (χ1v) is 7.39. The van der Waals surface area contributed by atoms with Crippen molar-refractivity contribution in [1.82, 2.24) is 19.9 Å². The Morgan fingerprint density at radius 3 is 2.62 bits per heavy atom. The molecule has 0 atom stereocenters. The van der Waals surface area contributed by atoms with Gasteiger partial charge in [-0.15, -0.1) is 0 Å². The molecule has 0 unspecified atom stereocenters. The Bertz CT molecular complexity index is 636. The number of aryl methyl sites for hydroxylation is 2. The van der Waals surface area contributed by atoms with Gasteiger partial charge in [-0.2, -0.15) is 0 Å². The van der Waals surface area contributed by atoms with Gasteiger partial charge in [0.05, 0.1) is 5.39 Å². The molecule has 5 heteroatoms. The van der Waals surface area contributed by atoms with Crippen molar-refractivity contribution in [2.45, 2.75) is 40.2 Å². The molecule has 0 fully saturated rings. The van der Waals surface area contributed by atoms with Gasteiger partial charge in [-0.25, -0.2) is 15.0 Å². The van der Waals surface area contributed by atoms with Crippen LogP contribution in [0.15, 0.2) is 12.4 Å². The monoisotopic (exact) mass is 287 g/mol. The van der Waals surface area contributed by atoms with Gasteiger partial charge < -0.3 is 5.32 Å². The van der Waals surface area contributed by atoms with Crippen molar-refractivity contribution in [3.05, 3.63) is 23.7 Å². The number of anilines is 1. The lowest BCUT2D eigenvalue weighted by molar-refractivity contribution is 0.178. The molecule has 114 valence electrons. The lowest BCUT2D eigenvalue weighted by atomic mass is 10.0. The van der Waals surface area contributed by atoms with Crippen LogP contribution in [0.2, 0.25) is 0 Å². The van der Waals surface area contributed by atoms with Gasteiger partial charge in [-0.05, 0) is 52.9 Å². The number of hydrogen-bond donors (Lipinski definition) is 1. The highest BCUT2D eigenvalue weighted by Gasteiger charge is 2.22. The Balaban J connectivity index is 2.31. The molecule has 0 spiro atoms. The molecule has 0 amide bonds. The maximum Gasteiger partial charge on any atom is 0.165 e. The van der Waals surface area contributed by atoms with E-state index in [-0.39, 0.29) is 5.54 Å². The molecule has 21 heavy (non-hydrogen) atoms. The van der Waals surface area contributed by atoms with E-state index < -0.39 is 0 Å². The molecule has 0 radical (unpaired) electrons. The van der Waals surface area contributed by atoms with E-state index in [4.69, 9.17) is 0 Å². The minimum Gasteiger partial charge on any atom is -0.368 e. The zero-order valence-electron chi connectivity index (χ0n) is 13.9. The summed E-state index contributed by atoms with van der Waals surface area (Å²) in [6, 6.07) is 2.07. The Morgan fingerprint density at radius 1 is 1.24 bits per heavy atom. The first kappa shape index (κ1) is 15.6. The van der Waals surface area contributed by atoms with E-state index in [0.717, 1.165) is 41.2 Å². The largest absolute Gasteiger partial charge is 0.368 e. The first-order chi connectivity index (χ1) is 9.85. The molecule has 0 aliphatic heterocycles. The van der Waals surface area contributed by atoms with Crippen molar-refractivity contribution in [2.75, 3.05) is 25.5 Å². The van der Waals surface area contributed by atoms with Crippen molar-refractivity contribution >= 4 is 16.9 Å². The van der Waals surface area contributed by atoms with Crippen LogP contribution in [0.25, 0.3) is 11.0 Å². The molecule has 2 aromatic heterocycles. The van der Waals surface area contributed by atoms with E-state index in [1.165, 1.54) is 0 Å². The lowest BCUT2D eigenvalue weighted by Crippen LogP contribution is -2.46. The van der Waals surface area contributed by atoms with Gasteiger partial charge in [-0.3, -0.25) is 4.90 Å². The molecular weight excluding hydrogens is 262 g/mol. The third kappa shape index (κ3) is 3.29. The van der Waals surface area contributed by atoms with Crippen LogP contribution in [0, 0.1) is 13.8 Å². The number of rotatable bonds is 5. The maximum absolute atomic E-state index is 4.49. The van der Waals surface area contributed by atoms with Crippen molar-refractivity contribution in [2.24, 2.45) is 0 Å². The Kier molecular flexibility index (Phi) is 4.42. The minimum absolute atomic E-state index is 0.0536. The summed E-state index contributed by atoms with van der Waals surface area (Å²) in [5.74, 6) is 0.863. The molecule has 0 saturated carbocycles. The van der Waals surface area contributed by atoms with Crippen LogP contribution in [-0.4, -0.2) is 45.5 Å². The number of nitrogens with zero attached hydrogens (tertiary/aromatic N) is 4. The summed E-state index contributed by atoms with van der Waals surface area (Å²) < 4.78 is 0. The van der Waals surface area contributed by atoms with E-state index in [9.17, 15) is 0 Å². The SMILES string of the molecule is CCN(C)C(C)(C)CNc1ncnc2nc(C)cc(C)c12. The summed E-state index contributed by atoms with van der Waals surface area (Å²) in [6.07, 6.45) is 1.58. The molecule has 2 rings (SSSR count). The number of likely N-dealkylation sites (N-methyl/N-ethyl adjacent to an activating group) is 1. The lowest BCUT2D eigenvalue weighted by Gasteiger charge is -2.35. The molecule has 2 heterocycles. The van der Waals surface area contributed by atoms with E-state index in [0.29, 0.717) is 0 Å². The van der Waals surface area contributed by atoms with Crippen molar-refractivity contribution in [3.63, 3.8) is 0 Å². The Hall–Kier alpha value is -1.75. The number of aromatic nitrogens is 3. The average molecular weight is 287 g/mol. The second-order valence-electron chi connectivity index (χ2n) is 6.18. The van der Waals surface area contributed by atoms with Gasteiger partial charge in [0.1, 0.15) is 12.1 Å². The summed E-state index contributed by atoms with van der Waals surface area (Å²) in [5, 5.41) is 4.48. The van der Waals surface area contributed by atoms with Crippen LogP contribution in [0.3, 0.4) is 0 Å². The Morgan fingerprint density at radius 2 is 1.95 bits per heavy atom. The van der Waals surface area contributed by atoms with E-state index in [1.54, 1.807) is 6.33 Å². The topological polar surface area (TPSA) is 53.9 Å². The molecule has 2 aromatic rings. The highest BCUT2D eigenvalue weighted by Crippen LogP contribution is 2.23. The summed E-state index contributed by atoms with van der Waals surface area (Å²) in [5.41, 5.74) is 2.95. The first-order valence-electron chi connectivity index (χ1n) is 7.39. The molecular formula is C16H25N5. The number of pyridine rings is 1. The summed E-state index contributed by atoms with van der Waals surface area (Å²) in [6.45, 7) is 12.5. The highest BCUT2D eigenvalue weighted by atomic mass is 15.2. The molecule has 5 nitrogen and oxygen atoms in total. The highest BCUT2D eigenvalue weighted by molar-refractivity contribution is 5.89. The van der Waals surface area contributed by atoms with Crippen LogP contribution in [0.4, 0.5) is 5.82 Å². The number of fused-ring (bicyclic) bond motifs is 1. The van der Waals surface area contributed by atoms with Crippen LogP contribution in [0.1, 0.15) is 32.0 Å². The Labute approximate surface area is 126 Å². The summed E-state index contributed by atoms with van der Waals surface area (Å²) in [7, 11) is 2.13. The second kappa shape index (κ2) is 5.93. The summed E-state index contributed by atoms with van der Waals surface area (Å²) >= 11 is 0. The molecule has 0 aromatic carbocycles. The molecule has 1 N–H and O–H groups in total. The zero-order chi connectivity index (χ0) is 15.6. The smallest absolute Gasteiger partial charge is 0.165 e. The second-order valence-corrected chi connectivity index (χ2v) is 6.18. The predicted octanol–water partition coefficient (Wildman–Crippen LogP) is 2.78. The fourth-order valence-corrected chi connectivity index (χ4v) is 2.41. The van der Waals surface area contributed by atoms with Crippen LogP contribution in [-0.2, 0) is 0 Å². The van der Waals surface area contributed by atoms with Gasteiger partial charge in [0.25, 0.3) is 0 Å². The number of nitrogens with one attached hydrogen (secondary N) is 1. The van der Waals surface area contributed by atoms with Crippen LogP contribution in [0.5, 0.6) is 0 Å². The standard InChI is InChI=1S/C16H25N5/c1-7-21(6)16(4,5)9-17-14-13-11(2)8-12(3)20-15(13)19-10-18-14/h8,10H,7,9H2,1-6H3,(H,17,18,19,20).